The Bertz CT molecular complexity index is 517. The van der Waals surface area contributed by atoms with Crippen LogP contribution in [0.4, 0.5) is 0 Å². The highest BCUT2D eigenvalue weighted by Gasteiger charge is 2.27. The summed E-state index contributed by atoms with van der Waals surface area (Å²) in [6.07, 6.45) is 3.08. The van der Waals surface area contributed by atoms with E-state index >= 15 is 0 Å². The molecule has 1 heterocycles. The monoisotopic (exact) mass is 297 g/mol. The number of rotatable bonds is 5. The summed E-state index contributed by atoms with van der Waals surface area (Å²) in [4.78, 5) is 0. The second-order valence-electron chi connectivity index (χ2n) is 5.48. The molecule has 1 aromatic carbocycles. The maximum atomic E-state index is 12.4. The van der Waals surface area contributed by atoms with Gasteiger partial charge in [0.2, 0.25) is 10.0 Å². The predicted octanol–water partition coefficient (Wildman–Crippen LogP) is 2.13. The topological polar surface area (TPSA) is 57.6 Å². The molecule has 1 aliphatic heterocycles. The minimum Gasteiger partial charge on any atom is -0.392 e. The van der Waals surface area contributed by atoms with Gasteiger partial charge in [-0.25, -0.2) is 12.7 Å². The van der Waals surface area contributed by atoms with Gasteiger partial charge in [-0.15, -0.1) is 0 Å². The molecular formula is C15H23NO3S. The second kappa shape index (κ2) is 6.70. The van der Waals surface area contributed by atoms with Crippen LogP contribution >= 0.6 is 0 Å². The second-order valence-corrected chi connectivity index (χ2v) is 7.45. The fraction of sp³-hybridized carbons (Fsp3) is 0.600. The molecular weight excluding hydrogens is 274 g/mol. The van der Waals surface area contributed by atoms with Crippen LogP contribution in [-0.4, -0.2) is 30.9 Å². The molecule has 0 aromatic heterocycles. The number of sulfonamides is 1. The summed E-state index contributed by atoms with van der Waals surface area (Å²) in [5, 5.41) is 8.99. The maximum Gasteiger partial charge on any atom is 0.218 e. The summed E-state index contributed by atoms with van der Waals surface area (Å²) < 4.78 is 26.4. The van der Waals surface area contributed by atoms with E-state index in [1.165, 1.54) is 0 Å². The van der Waals surface area contributed by atoms with Crippen molar-refractivity contribution in [3.8, 4) is 0 Å². The minimum atomic E-state index is -3.22. The van der Waals surface area contributed by atoms with Gasteiger partial charge in [0.05, 0.1) is 12.4 Å². The number of piperidine rings is 1. The largest absolute Gasteiger partial charge is 0.392 e. The number of aliphatic hydroxyl groups excluding tert-OH is 1. The Hall–Kier alpha value is -0.910. The van der Waals surface area contributed by atoms with Gasteiger partial charge in [0.25, 0.3) is 0 Å². The Morgan fingerprint density at radius 2 is 1.70 bits per heavy atom. The SMILES string of the molecule is CCC1CCN(S(=O)(=O)Cc2ccc(CO)cc2)CC1. The van der Waals surface area contributed by atoms with E-state index in [1.807, 2.05) is 0 Å². The van der Waals surface area contributed by atoms with Gasteiger partial charge < -0.3 is 5.11 Å². The van der Waals surface area contributed by atoms with Gasteiger partial charge in [-0.05, 0) is 29.9 Å². The average molecular weight is 297 g/mol. The van der Waals surface area contributed by atoms with Crippen molar-refractivity contribution in [3.63, 3.8) is 0 Å². The van der Waals surface area contributed by atoms with E-state index in [2.05, 4.69) is 6.92 Å². The molecule has 0 atom stereocenters. The molecule has 0 spiro atoms. The summed E-state index contributed by atoms with van der Waals surface area (Å²) in [5.41, 5.74) is 1.58. The highest BCUT2D eigenvalue weighted by molar-refractivity contribution is 7.88. The van der Waals surface area contributed by atoms with Crippen molar-refractivity contribution in [1.29, 1.82) is 0 Å². The molecule has 5 heteroatoms. The Labute approximate surface area is 121 Å². The van der Waals surface area contributed by atoms with Crippen LogP contribution in [0.25, 0.3) is 0 Å². The quantitative estimate of drug-likeness (QED) is 0.906. The summed E-state index contributed by atoms with van der Waals surface area (Å²) in [6, 6.07) is 7.10. The lowest BCUT2D eigenvalue weighted by molar-refractivity contribution is 0.269. The molecule has 2 rings (SSSR count). The van der Waals surface area contributed by atoms with Crippen molar-refractivity contribution in [2.75, 3.05) is 13.1 Å². The van der Waals surface area contributed by atoms with E-state index in [4.69, 9.17) is 5.11 Å². The average Bonchev–Trinajstić information content (AvgIpc) is 2.48. The molecule has 1 aliphatic rings. The van der Waals surface area contributed by atoms with Crippen LogP contribution in [-0.2, 0) is 22.4 Å². The third-order valence-corrected chi connectivity index (χ3v) is 5.95. The predicted molar refractivity (Wildman–Crippen MR) is 79.6 cm³/mol. The molecule has 0 aliphatic carbocycles. The van der Waals surface area contributed by atoms with Crippen LogP contribution in [0.3, 0.4) is 0 Å². The first kappa shape index (κ1) is 15.5. The molecule has 0 saturated carbocycles. The fourth-order valence-electron chi connectivity index (χ4n) is 2.64. The van der Waals surface area contributed by atoms with Crippen LogP contribution < -0.4 is 0 Å². The lowest BCUT2D eigenvalue weighted by atomic mass is 9.96. The van der Waals surface area contributed by atoms with Crippen molar-refractivity contribution in [3.05, 3.63) is 35.4 Å². The van der Waals surface area contributed by atoms with Gasteiger partial charge >= 0.3 is 0 Å². The van der Waals surface area contributed by atoms with Gasteiger partial charge in [-0.3, -0.25) is 0 Å². The molecule has 1 saturated heterocycles. The summed E-state index contributed by atoms with van der Waals surface area (Å²) in [7, 11) is -3.22. The molecule has 0 unspecified atom stereocenters. The highest BCUT2D eigenvalue weighted by Crippen LogP contribution is 2.23. The molecule has 0 bridgehead atoms. The number of hydrogen-bond donors (Lipinski definition) is 1. The molecule has 0 amide bonds. The number of benzene rings is 1. The molecule has 1 aromatic rings. The maximum absolute atomic E-state index is 12.4. The van der Waals surface area contributed by atoms with E-state index < -0.39 is 10.0 Å². The van der Waals surface area contributed by atoms with Crippen LogP contribution in [0.2, 0.25) is 0 Å². The van der Waals surface area contributed by atoms with Crippen molar-refractivity contribution >= 4 is 10.0 Å². The normalized spacial score (nSPS) is 18.3. The number of aliphatic hydroxyl groups is 1. The van der Waals surface area contributed by atoms with Gasteiger partial charge in [-0.2, -0.15) is 0 Å². The van der Waals surface area contributed by atoms with Crippen molar-refractivity contribution in [2.45, 2.75) is 38.5 Å². The molecule has 20 heavy (non-hydrogen) atoms. The highest BCUT2D eigenvalue weighted by atomic mass is 32.2. The first-order valence-electron chi connectivity index (χ1n) is 7.21. The zero-order chi connectivity index (χ0) is 14.6. The molecule has 112 valence electrons. The van der Waals surface area contributed by atoms with E-state index in [0.29, 0.717) is 19.0 Å². The van der Waals surface area contributed by atoms with Gasteiger partial charge in [-0.1, -0.05) is 37.6 Å². The van der Waals surface area contributed by atoms with Gasteiger partial charge in [0, 0.05) is 13.1 Å². The summed E-state index contributed by atoms with van der Waals surface area (Å²) in [6.45, 7) is 3.44. The Kier molecular flexibility index (Phi) is 5.18. The van der Waals surface area contributed by atoms with Crippen molar-refractivity contribution < 1.29 is 13.5 Å². The van der Waals surface area contributed by atoms with Gasteiger partial charge in [0.1, 0.15) is 0 Å². The van der Waals surface area contributed by atoms with E-state index in [1.54, 1.807) is 28.6 Å². The van der Waals surface area contributed by atoms with Crippen LogP contribution in [0.1, 0.15) is 37.3 Å². The fourth-order valence-corrected chi connectivity index (χ4v) is 4.20. The lowest BCUT2D eigenvalue weighted by Gasteiger charge is -2.30. The smallest absolute Gasteiger partial charge is 0.218 e. The van der Waals surface area contributed by atoms with Crippen LogP contribution in [0.15, 0.2) is 24.3 Å². The van der Waals surface area contributed by atoms with Gasteiger partial charge in [0.15, 0.2) is 0 Å². The Morgan fingerprint density at radius 3 is 2.20 bits per heavy atom. The molecule has 1 fully saturated rings. The Balaban J connectivity index is 2.00. The van der Waals surface area contributed by atoms with E-state index in [-0.39, 0.29) is 12.4 Å². The molecule has 0 radical (unpaired) electrons. The third kappa shape index (κ3) is 3.81. The van der Waals surface area contributed by atoms with Crippen molar-refractivity contribution in [2.24, 2.45) is 5.92 Å². The lowest BCUT2D eigenvalue weighted by Crippen LogP contribution is -2.38. The van der Waals surface area contributed by atoms with E-state index in [0.717, 1.165) is 30.4 Å². The van der Waals surface area contributed by atoms with E-state index in [9.17, 15) is 8.42 Å². The third-order valence-electron chi connectivity index (χ3n) is 4.10. The van der Waals surface area contributed by atoms with Crippen LogP contribution in [0, 0.1) is 5.92 Å². The Morgan fingerprint density at radius 1 is 1.15 bits per heavy atom. The minimum absolute atomic E-state index is 0.0163. The first-order chi connectivity index (χ1) is 9.55. The zero-order valence-electron chi connectivity index (χ0n) is 12.0. The number of nitrogens with zero attached hydrogens (tertiary/aromatic N) is 1. The molecule has 4 nitrogen and oxygen atoms in total. The first-order valence-corrected chi connectivity index (χ1v) is 8.82. The summed E-state index contributed by atoms with van der Waals surface area (Å²) >= 11 is 0. The molecule has 1 N–H and O–H groups in total. The standard InChI is InChI=1S/C15H23NO3S/c1-2-13-7-9-16(10-8-13)20(18,19)12-15-5-3-14(11-17)4-6-15/h3-6,13,17H,2,7-12H2,1H3. The van der Waals surface area contributed by atoms with Crippen molar-refractivity contribution in [1.82, 2.24) is 4.31 Å². The summed E-state index contributed by atoms with van der Waals surface area (Å²) in [5.74, 6) is 0.723. The zero-order valence-corrected chi connectivity index (χ0v) is 12.8. The van der Waals surface area contributed by atoms with Crippen LogP contribution in [0.5, 0.6) is 0 Å². The number of hydrogen-bond acceptors (Lipinski definition) is 3.